The number of carbonyl (C=O) groups is 2. The van der Waals surface area contributed by atoms with Gasteiger partial charge in [0, 0.05) is 26.1 Å². The maximum Gasteiger partial charge on any atom is 0.230 e. The van der Waals surface area contributed by atoms with Gasteiger partial charge in [0.25, 0.3) is 0 Å². The second-order valence-corrected chi connectivity index (χ2v) is 8.09. The first-order chi connectivity index (χ1) is 14.2. The molecule has 2 aromatic rings. The van der Waals surface area contributed by atoms with Crippen molar-refractivity contribution >= 4 is 23.6 Å². The van der Waals surface area contributed by atoms with E-state index in [0.29, 0.717) is 24.7 Å². The third-order valence-corrected chi connectivity index (χ3v) is 6.02. The van der Waals surface area contributed by atoms with E-state index in [1.807, 2.05) is 27.7 Å². The molecule has 0 saturated carbocycles. The van der Waals surface area contributed by atoms with E-state index in [1.165, 1.54) is 17.3 Å². The molecule has 2 heterocycles. The molecule has 1 fully saturated rings. The van der Waals surface area contributed by atoms with Crippen molar-refractivity contribution in [3.8, 4) is 5.69 Å². The topological polar surface area (TPSA) is 80.1 Å². The first-order valence-electron chi connectivity index (χ1n) is 10.3. The van der Waals surface area contributed by atoms with Gasteiger partial charge in [0.2, 0.25) is 11.8 Å². The summed E-state index contributed by atoms with van der Waals surface area (Å²) in [7, 11) is 0. The molecule has 0 unspecified atom stereocenters. The number of nitrogens with zero attached hydrogens (tertiary/aromatic N) is 4. The van der Waals surface area contributed by atoms with Crippen LogP contribution < -0.4 is 5.32 Å². The van der Waals surface area contributed by atoms with Crippen LogP contribution in [0.25, 0.3) is 5.69 Å². The Labute approximate surface area is 176 Å². The Balaban J connectivity index is 1.43. The van der Waals surface area contributed by atoms with Crippen LogP contribution in [0.2, 0.25) is 0 Å². The standard InChI is InChI=1S/C21H29N5O2S/c1-2-17-9-5-6-10-18(17)26-16-23-24-21(26)29-15-19(27)22-12-8-14-25-13-7-3-4-11-20(25)28/h5-6,9-10,16H,2-4,7-8,11-15H2,1H3,(H,22,27). The van der Waals surface area contributed by atoms with E-state index >= 15 is 0 Å². The first kappa shape index (κ1) is 21.4. The Morgan fingerprint density at radius 1 is 1.24 bits per heavy atom. The fourth-order valence-electron chi connectivity index (χ4n) is 3.49. The number of carbonyl (C=O) groups excluding carboxylic acids is 2. The fourth-order valence-corrected chi connectivity index (χ4v) is 4.24. The Kier molecular flexibility index (Phi) is 8.10. The lowest BCUT2D eigenvalue weighted by Gasteiger charge is -2.20. The summed E-state index contributed by atoms with van der Waals surface area (Å²) in [5.74, 6) is 0.502. The zero-order valence-corrected chi connectivity index (χ0v) is 17.8. The van der Waals surface area contributed by atoms with Crippen molar-refractivity contribution in [3.05, 3.63) is 36.2 Å². The van der Waals surface area contributed by atoms with E-state index in [9.17, 15) is 9.59 Å². The van der Waals surface area contributed by atoms with Gasteiger partial charge < -0.3 is 10.2 Å². The molecule has 1 aromatic heterocycles. The van der Waals surface area contributed by atoms with Crippen molar-refractivity contribution in [3.63, 3.8) is 0 Å². The van der Waals surface area contributed by atoms with Crippen molar-refractivity contribution in [2.45, 2.75) is 50.6 Å². The highest BCUT2D eigenvalue weighted by molar-refractivity contribution is 7.99. The van der Waals surface area contributed by atoms with E-state index in [2.05, 4.69) is 28.5 Å². The van der Waals surface area contributed by atoms with Crippen molar-refractivity contribution in [1.82, 2.24) is 25.0 Å². The molecule has 8 heteroatoms. The Morgan fingerprint density at radius 3 is 2.97 bits per heavy atom. The number of aromatic nitrogens is 3. The lowest BCUT2D eigenvalue weighted by atomic mass is 10.1. The van der Waals surface area contributed by atoms with Gasteiger partial charge >= 0.3 is 0 Å². The molecule has 1 N–H and O–H groups in total. The minimum Gasteiger partial charge on any atom is -0.355 e. The molecule has 7 nitrogen and oxygen atoms in total. The average Bonchev–Trinajstić information content (AvgIpc) is 3.12. The summed E-state index contributed by atoms with van der Waals surface area (Å²) in [6, 6.07) is 8.14. The number of amides is 2. The van der Waals surface area contributed by atoms with Gasteiger partial charge in [-0.2, -0.15) is 0 Å². The Morgan fingerprint density at radius 2 is 2.10 bits per heavy atom. The summed E-state index contributed by atoms with van der Waals surface area (Å²) in [5.41, 5.74) is 2.26. The molecule has 0 atom stereocenters. The second-order valence-electron chi connectivity index (χ2n) is 7.15. The van der Waals surface area contributed by atoms with Gasteiger partial charge in [0.15, 0.2) is 5.16 Å². The van der Waals surface area contributed by atoms with Crippen molar-refractivity contribution in [2.24, 2.45) is 0 Å². The smallest absolute Gasteiger partial charge is 0.230 e. The third-order valence-electron chi connectivity index (χ3n) is 5.08. The van der Waals surface area contributed by atoms with E-state index in [1.54, 1.807) is 6.33 Å². The Bertz CT molecular complexity index is 823. The number of aryl methyl sites for hydroxylation is 1. The number of rotatable bonds is 9. The van der Waals surface area contributed by atoms with Crippen molar-refractivity contribution in [2.75, 3.05) is 25.4 Å². The highest BCUT2D eigenvalue weighted by atomic mass is 32.2. The van der Waals surface area contributed by atoms with Crippen LogP contribution in [0.15, 0.2) is 35.7 Å². The van der Waals surface area contributed by atoms with Crippen LogP contribution in [0, 0.1) is 0 Å². The summed E-state index contributed by atoms with van der Waals surface area (Å²) >= 11 is 1.38. The van der Waals surface area contributed by atoms with Gasteiger partial charge in [-0.15, -0.1) is 10.2 Å². The number of likely N-dealkylation sites (tertiary alicyclic amines) is 1. The van der Waals surface area contributed by atoms with Crippen LogP contribution in [0.5, 0.6) is 0 Å². The largest absolute Gasteiger partial charge is 0.355 e. The number of nitrogens with one attached hydrogen (secondary N) is 1. The van der Waals surface area contributed by atoms with Crippen molar-refractivity contribution in [1.29, 1.82) is 0 Å². The van der Waals surface area contributed by atoms with Gasteiger partial charge in [-0.3, -0.25) is 14.2 Å². The molecule has 1 aliphatic heterocycles. The van der Waals surface area contributed by atoms with Crippen LogP contribution >= 0.6 is 11.8 Å². The molecule has 0 spiro atoms. The molecule has 1 aliphatic rings. The average molecular weight is 416 g/mol. The SMILES string of the molecule is CCc1ccccc1-n1cnnc1SCC(=O)NCCCN1CCCCCC1=O. The quantitative estimate of drug-likeness (QED) is 0.503. The third kappa shape index (κ3) is 6.06. The maximum absolute atomic E-state index is 12.2. The molecule has 29 heavy (non-hydrogen) atoms. The molecule has 0 bridgehead atoms. The van der Waals surface area contributed by atoms with Gasteiger partial charge in [0.05, 0.1) is 11.4 Å². The molecular weight excluding hydrogens is 386 g/mol. The number of hydrogen-bond donors (Lipinski definition) is 1. The highest BCUT2D eigenvalue weighted by Gasteiger charge is 2.16. The zero-order valence-electron chi connectivity index (χ0n) is 17.0. The van der Waals surface area contributed by atoms with Crippen LogP contribution in [-0.2, 0) is 16.0 Å². The van der Waals surface area contributed by atoms with Crippen LogP contribution in [0.4, 0.5) is 0 Å². The van der Waals surface area contributed by atoms with Crippen LogP contribution in [0.1, 0.15) is 44.6 Å². The van der Waals surface area contributed by atoms with Gasteiger partial charge in [-0.05, 0) is 37.3 Å². The highest BCUT2D eigenvalue weighted by Crippen LogP contribution is 2.22. The predicted molar refractivity (Wildman–Crippen MR) is 114 cm³/mol. The van der Waals surface area contributed by atoms with Crippen molar-refractivity contribution < 1.29 is 9.59 Å². The minimum atomic E-state index is -0.0319. The van der Waals surface area contributed by atoms with E-state index in [4.69, 9.17) is 0 Å². The summed E-state index contributed by atoms with van der Waals surface area (Å²) in [6.45, 7) is 4.25. The fraction of sp³-hybridized carbons (Fsp3) is 0.524. The molecule has 0 aliphatic carbocycles. The van der Waals surface area contributed by atoms with Crippen LogP contribution in [0.3, 0.4) is 0 Å². The van der Waals surface area contributed by atoms with E-state index < -0.39 is 0 Å². The molecule has 2 amide bonds. The molecular formula is C21H29N5O2S. The maximum atomic E-state index is 12.2. The monoisotopic (exact) mass is 415 g/mol. The van der Waals surface area contributed by atoms with Gasteiger partial charge in [-0.25, -0.2) is 0 Å². The normalized spacial score (nSPS) is 14.7. The minimum absolute atomic E-state index is 0.0319. The lowest BCUT2D eigenvalue weighted by Crippen LogP contribution is -2.34. The second kappa shape index (κ2) is 11.0. The molecule has 156 valence electrons. The Hall–Kier alpha value is -2.35. The summed E-state index contributed by atoms with van der Waals surface area (Å²) in [4.78, 5) is 26.1. The van der Waals surface area contributed by atoms with Gasteiger partial charge in [0.1, 0.15) is 6.33 Å². The van der Waals surface area contributed by atoms with Gasteiger partial charge in [-0.1, -0.05) is 43.3 Å². The predicted octanol–water partition coefficient (Wildman–Crippen LogP) is 2.83. The molecule has 0 radical (unpaired) electrons. The van der Waals surface area contributed by atoms with E-state index in [0.717, 1.165) is 44.3 Å². The first-order valence-corrected chi connectivity index (χ1v) is 11.3. The van der Waals surface area contributed by atoms with Crippen LogP contribution in [-0.4, -0.2) is 56.9 Å². The number of hydrogen-bond acceptors (Lipinski definition) is 5. The van der Waals surface area contributed by atoms with E-state index in [-0.39, 0.29) is 17.6 Å². The summed E-state index contributed by atoms with van der Waals surface area (Å²) in [6.07, 6.45) is 7.25. The number of thioether (sulfide) groups is 1. The molecule has 3 rings (SSSR count). The zero-order chi connectivity index (χ0) is 20.5. The number of para-hydroxylation sites is 1. The number of benzene rings is 1. The summed E-state index contributed by atoms with van der Waals surface area (Å²) < 4.78 is 1.93. The summed E-state index contributed by atoms with van der Waals surface area (Å²) in [5, 5.41) is 11.8. The molecule has 1 aromatic carbocycles. The molecule has 1 saturated heterocycles. The lowest BCUT2D eigenvalue weighted by molar-refractivity contribution is -0.130.